The topological polar surface area (TPSA) is 23.5 Å². The van der Waals surface area contributed by atoms with E-state index in [2.05, 4.69) is 15.9 Å². The molecule has 3 aromatic carbocycles. The molecule has 3 aromatic rings. The molecule has 128 valence electrons. The molecule has 2 nitrogen and oxygen atoms in total. The summed E-state index contributed by atoms with van der Waals surface area (Å²) in [5, 5.41) is 10.3. The van der Waals surface area contributed by atoms with Crippen molar-refractivity contribution in [2.75, 3.05) is 4.31 Å². The molecule has 1 N–H and O–H groups in total. The second-order valence-corrected chi connectivity index (χ2v) is 7.61. The van der Waals surface area contributed by atoms with Crippen LogP contribution >= 0.6 is 27.9 Å². The van der Waals surface area contributed by atoms with Gasteiger partial charge in [-0.15, -0.1) is 0 Å². The number of rotatable bonds is 5. The van der Waals surface area contributed by atoms with Gasteiger partial charge in [0.25, 0.3) is 0 Å². The number of benzene rings is 3. The van der Waals surface area contributed by atoms with E-state index in [-0.39, 0.29) is 5.75 Å². The fraction of sp³-hybridized carbons (Fsp3) is 0.100. The monoisotopic (exact) mass is 417 g/mol. The Balaban J connectivity index is 2.01. The van der Waals surface area contributed by atoms with Gasteiger partial charge in [0.05, 0.1) is 12.2 Å². The summed E-state index contributed by atoms with van der Waals surface area (Å²) in [5.41, 5.74) is 2.63. The SMILES string of the molecule is Cc1ccccc1SN(Cc1ccccc1)c1cc(Br)cc(F)c1O. The van der Waals surface area contributed by atoms with E-state index in [1.165, 1.54) is 18.0 Å². The number of hydrogen-bond acceptors (Lipinski definition) is 3. The maximum atomic E-state index is 14.0. The van der Waals surface area contributed by atoms with Crippen LogP contribution < -0.4 is 4.31 Å². The third-order valence-electron chi connectivity index (χ3n) is 3.75. The Morgan fingerprint density at radius 2 is 1.72 bits per heavy atom. The van der Waals surface area contributed by atoms with Gasteiger partial charge in [0.15, 0.2) is 11.6 Å². The summed E-state index contributed by atoms with van der Waals surface area (Å²) in [5.74, 6) is -0.993. The first-order valence-corrected chi connectivity index (χ1v) is 9.34. The van der Waals surface area contributed by atoms with Crippen LogP contribution in [0.1, 0.15) is 11.1 Å². The molecule has 0 aliphatic carbocycles. The molecule has 0 saturated carbocycles. The summed E-state index contributed by atoms with van der Waals surface area (Å²) in [6, 6.07) is 20.9. The Kier molecular flexibility index (Phi) is 5.66. The van der Waals surface area contributed by atoms with Crippen molar-refractivity contribution in [1.82, 2.24) is 0 Å². The van der Waals surface area contributed by atoms with Crippen LogP contribution in [0.4, 0.5) is 10.1 Å². The Bertz CT molecular complexity index is 873. The largest absolute Gasteiger partial charge is 0.503 e. The molecule has 0 fully saturated rings. The van der Waals surface area contributed by atoms with E-state index in [1.807, 2.05) is 65.8 Å². The third-order valence-corrected chi connectivity index (χ3v) is 5.41. The van der Waals surface area contributed by atoms with Crippen LogP contribution in [0.15, 0.2) is 76.1 Å². The van der Waals surface area contributed by atoms with E-state index in [0.717, 1.165) is 16.0 Å². The number of halogens is 2. The molecular weight excluding hydrogens is 401 g/mol. The van der Waals surface area contributed by atoms with E-state index in [9.17, 15) is 9.50 Å². The summed E-state index contributed by atoms with van der Waals surface area (Å²) < 4.78 is 16.5. The van der Waals surface area contributed by atoms with Crippen LogP contribution in [0.3, 0.4) is 0 Å². The second-order valence-electron chi connectivity index (χ2n) is 5.63. The fourth-order valence-corrected chi connectivity index (χ4v) is 3.89. The van der Waals surface area contributed by atoms with Crippen molar-refractivity contribution in [2.45, 2.75) is 18.4 Å². The van der Waals surface area contributed by atoms with Gasteiger partial charge in [0.1, 0.15) is 0 Å². The van der Waals surface area contributed by atoms with Crippen molar-refractivity contribution < 1.29 is 9.50 Å². The lowest BCUT2D eigenvalue weighted by Crippen LogP contribution is -2.14. The molecule has 0 amide bonds. The van der Waals surface area contributed by atoms with Gasteiger partial charge < -0.3 is 9.41 Å². The number of aryl methyl sites for hydroxylation is 1. The lowest BCUT2D eigenvalue weighted by Gasteiger charge is -2.25. The molecule has 0 bridgehead atoms. The normalized spacial score (nSPS) is 10.7. The predicted molar refractivity (Wildman–Crippen MR) is 105 cm³/mol. The van der Waals surface area contributed by atoms with Crippen molar-refractivity contribution in [3.05, 3.63) is 88.1 Å². The molecule has 0 aromatic heterocycles. The van der Waals surface area contributed by atoms with Gasteiger partial charge in [-0.05, 0) is 48.2 Å². The van der Waals surface area contributed by atoms with Crippen molar-refractivity contribution in [1.29, 1.82) is 0 Å². The number of hydrogen-bond donors (Lipinski definition) is 1. The Morgan fingerprint density at radius 3 is 2.44 bits per heavy atom. The van der Waals surface area contributed by atoms with Crippen molar-refractivity contribution in [3.63, 3.8) is 0 Å². The molecule has 0 heterocycles. The molecular formula is C20H17BrFNOS. The highest BCUT2D eigenvalue weighted by atomic mass is 79.9. The number of phenols is 1. The summed E-state index contributed by atoms with van der Waals surface area (Å²) in [6.07, 6.45) is 0. The average Bonchev–Trinajstić information content (AvgIpc) is 2.60. The first-order valence-electron chi connectivity index (χ1n) is 7.77. The summed E-state index contributed by atoms with van der Waals surface area (Å²) in [7, 11) is 0. The highest BCUT2D eigenvalue weighted by Gasteiger charge is 2.18. The first-order chi connectivity index (χ1) is 12.0. The van der Waals surface area contributed by atoms with Gasteiger partial charge in [0.2, 0.25) is 0 Å². The van der Waals surface area contributed by atoms with Gasteiger partial charge in [-0.2, -0.15) is 0 Å². The highest BCUT2D eigenvalue weighted by Crippen LogP contribution is 2.40. The maximum Gasteiger partial charge on any atom is 0.176 e. The Labute approximate surface area is 159 Å². The van der Waals surface area contributed by atoms with Gasteiger partial charge in [-0.25, -0.2) is 4.39 Å². The van der Waals surface area contributed by atoms with Crippen molar-refractivity contribution in [2.24, 2.45) is 0 Å². The molecule has 0 spiro atoms. The molecule has 0 saturated heterocycles. The van der Waals surface area contributed by atoms with Gasteiger partial charge in [-0.3, -0.25) is 0 Å². The molecule has 0 unspecified atom stereocenters. The zero-order valence-corrected chi connectivity index (χ0v) is 16.0. The van der Waals surface area contributed by atoms with Gasteiger partial charge in [-0.1, -0.05) is 64.5 Å². The van der Waals surface area contributed by atoms with Crippen molar-refractivity contribution >= 4 is 33.6 Å². The quantitative estimate of drug-likeness (QED) is 0.491. The number of phenolic OH excluding ortho intramolecular Hbond substituents is 1. The van der Waals surface area contributed by atoms with Crippen molar-refractivity contribution in [3.8, 4) is 5.75 Å². The summed E-state index contributed by atoms with van der Waals surface area (Å²) >= 11 is 4.79. The Hall–Kier alpha value is -1.98. The molecule has 0 aliphatic heterocycles. The first kappa shape index (κ1) is 17.8. The Morgan fingerprint density at radius 1 is 1.04 bits per heavy atom. The molecule has 5 heteroatoms. The molecule has 0 radical (unpaired) electrons. The van der Waals surface area contributed by atoms with E-state index < -0.39 is 5.82 Å². The minimum atomic E-state index is -0.646. The van der Waals surface area contributed by atoms with E-state index in [1.54, 1.807) is 6.07 Å². The van der Waals surface area contributed by atoms with Gasteiger partial charge >= 0.3 is 0 Å². The van der Waals surface area contributed by atoms with E-state index in [0.29, 0.717) is 16.7 Å². The third kappa shape index (κ3) is 4.35. The standard InChI is InChI=1S/C20H17BrFNOS/c1-14-7-5-6-10-19(14)25-23(13-15-8-3-2-4-9-15)18-12-16(21)11-17(22)20(18)24/h2-12,24H,13H2,1H3. The van der Waals surface area contributed by atoms with E-state index in [4.69, 9.17) is 0 Å². The summed E-state index contributed by atoms with van der Waals surface area (Å²) in [4.78, 5) is 1.05. The van der Waals surface area contributed by atoms with E-state index >= 15 is 0 Å². The predicted octanol–water partition coefficient (Wildman–Crippen LogP) is 6.32. The lowest BCUT2D eigenvalue weighted by molar-refractivity contribution is 0.433. The van der Waals surface area contributed by atoms with Crippen LogP contribution in [0.5, 0.6) is 5.75 Å². The van der Waals surface area contributed by atoms with Crippen LogP contribution in [0.25, 0.3) is 0 Å². The second kappa shape index (κ2) is 7.93. The van der Waals surface area contributed by atoms with Crippen LogP contribution in [0.2, 0.25) is 0 Å². The van der Waals surface area contributed by atoms with Crippen LogP contribution in [0, 0.1) is 12.7 Å². The zero-order chi connectivity index (χ0) is 17.8. The zero-order valence-electron chi connectivity index (χ0n) is 13.6. The minimum Gasteiger partial charge on any atom is -0.503 e. The average molecular weight is 418 g/mol. The molecule has 25 heavy (non-hydrogen) atoms. The number of aromatic hydroxyl groups is 1. The smallest absolute Gasteiger partial charge is 0.176 e. The maximum absolute atomic E-state index is 14.0. The summed E-state index contributed by atoms with van der Waals surface area (Å²) in [6.45, 7) is 2.56. The van der Waals surface area contributed by atoms with Crippen LogP contribution in [-0.2, 0) is 6.54 Å². The number of anilines is 1. The highest BCUT2D eigenvalue weighted by molar-refractivity contribution is 9.10. The van der Waals surface area contributed by atoms with Crippen LogP contribution in [-0.4, -0.2) is 5.11 Å². The van der Waals surface area contributed by atoms with Gasteiger partial charge in [0, 0.05) is 9.37 Å². The molecule has 3 rings (SSSR count). The number of nitrogens with zero attached hydrogens (tertiary/aromatic N) is 1. The minimum absolute atomic E-state index is 0.347. The molecule has 0 aliphatic rings. The lowest BCUT2D eigenvalue weighted by atomic mass is 10.2. The molecule has 0 atom stereocenters. The fourth-order valence-electron chi connectivity index (χ4n) is 2.44.